The Labute approximate surface area is 134 Å². The van der Waals surface area contributed by atoms with E-state index in [9.17, 15) is 0 Å². The Morgan fingerprint density at radius 2 is 1.65 bits per heavy atom. The smallest absolute Gasteiger partial charge is 0.119 e. The molecule has 5 heteroatoms. The third-order valence-electron chi connectivity index (χ3n) is 2.86. The minimum atomic E-state index is 0. The highest BCUT2D eigenvalue weighted by Crippen LogP contribution is 2.17. The van der Waals surface area contributed by atoms with E-state index >= 15 is 0 Å². The molecule has 0 saturated carbocycles. The van der Waals surface area contributed by atoms with Gasteiger partial charge in [-0.05, 0) is 44.0 Å². The molecule has 0 aliphatic heterocycles. The number of unbranched alkanes of at least 4 members (excludes halogenated alkanes) is 2. The molecule has 0 aliphatic rings. The van der Waals surface area contributed by atoms with Gasteiger partial charge >= 0.3 is 0 Å². The first-order valence-electron chi connectivity index (χ1n) is 6.98. The average molecular weight is 320 g/mol. The Bertz CT molecular complexity index is 335. The number of rotatable bonds is 10. The van der Waals surface area contributed by atoms with E-state index in [4.69, 9.17) is 15.2 Å². The molecule has 0 saturated heterocycles. The van der Waals surface area contributed by atoms with Crippen molar-refractivity contribution in [2.24, 2.45) is 5.73 Å². The number of benzene rings is 1. The van der Waals surface area contributed by atoms with Crippen molar-refractivity contribution in [1.82, 2.24) is 0 Å². The van der Waals surface area contributed by atoms with Crippen molar-refractivity contribution in [3.63, 3.8) is 0 Å². The van der Waals surface area contributed by atoms with E-state index in [1.165, 1.54) is 0 Å². The number of nitrogens with two attached hydrogens (primary N) is 1. The fourth-order valence-electron chi connectivity index (χ4n) is 1.77. The maximum Gasteiger partial charge on any atom is 0.119 e. The summed E-state index contributed by atoms with van der Waals surface area (Å²) in [7, 11) is 0. The molecule has 1 rings (SSSR count). The Hall–Kier alpha value is -0.580. The molecular weight excluding hydrogens is 294 g/mol. The highest BCUT2D eigenvalue weighted by molar-refractivity contribution is 7.80. The lowest BCUT2D eigenvalue weighted by molar-refractivity contribution is 0.302. The van der Waals surface area contributed by atoms with E-state index in [2.05, 4.69) is 12.6 Å². The standard InChI is InChI=1S/C15H25NO2S.ClH/c1-2-17-14-7-9-15(10-8-14)18-11-5-3-4-6-13(16)12-19;/h7-10,13,19H,2-6,11-12,16H2,1H3;1H. The average Bonchev–Trinajstić information content (AvgIpc) is 2.44. The molecule has 0 spiro atoms. The SMILES string of the molecule is CCOc1ccc(OCCCCCC(N)CS)cc1.Cl. The Kier molecular flexibility index (Phi) is 11.8. The summed E-state index contributed by atoms with van der Waals surface area (Å²) in [6.45, 7) is 3.42. The van der Waals surface area contributed by atoms with Crippen molar-refractivity contribution in [1.29, 1.82) is 0 Å². The fraction of sp³-hybridized carbons (Fsp3) is 0.600. The maximum atomic E-state index is 5.80. The van der Waals surface area contributed by atoms with E-state index in [0.717, 1.165) is 49.5 Å². The largest absolute Gasteiger partial charge is 0.494 e. The zero-order valence-corrected chi connectivity index (χ0v) is 13.8. The van der Waals surface area contributed by atoms with Crippen LogP contribution in [0.25, 0.3) is 0 Å². The van der Waals surface area contributed by atoms with Gasteiger partial charge in [-0.2, -0.15) is 12.6 Å². The normalized spacial score (nSPS) is 11.6. The van der Waals surface area contributed by atoms with Crippen molar-refractivity contribution in [3.8, 4) is 11.5 Å². The van der Waals surface area contributed by atoms with Gasteiger partial charge in [0, 0.05) is 11.8 Å². The molecule has 0 amide bonds. The summed E-state index contributed by atoms with van der Waals surface area (Å²) in [5, 5.41) is 0. The molecule has 2 N–H and O–H groups in total. The lowest BCUT2D eigenvalue weighted by Crippen LogP contribution is -2.21. The van der Waals surface area contributed by atoms with Gasteiger partial charge in [0.05, 0.1) is 13.2 Å². The van der Waals surface area contributed by atoms with Crippen molar-refractivity contribution < 1.29 is 9.47 Å². The van der Waals surface area contributed by atoms with E-state index < -0.39 is 0 Å². The molecule has 0 aliphatic carbocycles. The Morgan fingerprint density at radius 1 is 1.05 bits per heavy atom. The van der Waals surface area contributed by atoms with Crippen LogP contribution in [0.1, 0.15) is 32.6 Å². The first kappa shape index (κ1) is 19.4. The van der Waals surface area contributed by atoms with Crippen molar-refractivity contribution in [2.75, 3.05) is 19.0 Å². The molecule has 3 nitrogen and oxygen atoms in total. The van der Waals surface area contributed by atoms with E-state index in [-0.39, 0.29) is 18.4 Å². The molecule has 1 unspecified atom stereocenters. The van der Waals surface area contributed by atoms with Crippen LogP contribution in [0.5, 0.6) is 11.5 Å². The summed E-state index contributed by atoms with van der Waals surface area (Å²) in [5.41, 5.74) is 5.80. The topological polar surface area (TPSA) is 44.5 Å². The summed E-state index contributed by atoms with van der Waals surface area (Å²) in [6.07, 6.45) is 4.41. The fourth-order valence-corrected chi connectivity index (χ4v) is 1.95. The van der Waals surface area contributed by atoms with E-state index in [0.29, 0.717) is 6.61 Å². The highest BCUT2D eigenvalue weighted by atomic mass is 35.5. The molecular formula is C15H26ClNO2S. The van der Waals surface area contributed by atoms with Gasteiger partial charge in [-0.3, -0.25) is 0 Å². The van der Waals surface area contributed by atoms with Crippen LogP contribution in [-0.2, 0) is 0 Å². The van der Waals surface area contributed by atoms with Crippen LogP contribution in [-0.4, -0.2) is 25.0 Å². The lowest BCUT2D eigenvalue weighted by Gasteiger charge is -2.09. The first-order valence-corrected chi connectivity index (χ1v) is 7.61. The highest BCUT2D eigenvalue weighted by Gasteiger charge is 1.99. The van der Waals surface area contributed by atoms with Crippen LogP contribution in [0.4, 0.5) is 0 Å². The molecule has 0 fully saturated rings. The zero-order chi connectivity index (χ0) is 13.9. The third-order valence-corrected chi connectivity index (χ3v) is 3.33. The van der Waals surface area contributed by atoms with Crippen LogP contribution in [0.3, 0.4) is 0 Å². The lowest BCUT2D eigenvalue weighted by atomic mass is 10.1. The maximum absolute atomic E-state index is 5.80. The van der Waals surface area contributed by atoms with Gasteiger partial charge in [-0.25, -0.2) is 0 Å². The summed E-state index contributed by atoms with van der Waals surface area (Å²) < 4.78 is 11.0. The Balaban J connectivity index is 0.00000361. The van der Waals surface area contributed by atoms with E-state index in [1.807, 2.05) is 31.2 Å². The summed E-state index contributed by atoms with van der Waals surface area (Å²) in [4.78, 5) is 0. The number of ether oxygens (including phenoxy) is 2. The predicted octanol–water partition coefficient (Wildman–Crippen LogP) is 3.70. The monoisotopic (exact) mass is 319 g/mol. The quantitative estimate of drug-likeness (QED) is 0.510. The molecule has 1 atom stereocenters. The van der Waals surface area contributed by atoms with Gasteiger partial charge in [-0.15, -0.1) is 12.4 Å². The first-order chi connectivity index (χ1) is 9.26. The number of hydrogen-bond acceptors (Lipinski definition) is 4. The van der Waals surface area contributed by atoms with Gasteiger partial charge in [0.25, 0.3) is 0 Å². The van der Waals surface area contributed by atoms with Crippen LogP contribution in [0.15, 0.2) is 24.3 Å². The molecule has 116 valence electrons. The van der Waals surface area contributed by atoms with Crippen molar-refractivity contribution in [3.05, 3.63) is 24.3 Å². The van der Waals surface area contributed by atoms with Gasteiger partial charge in [-0.1, -0.05) is 12.8 Å². The molecule has 0 aromatic heterocycles. The molecule has 20 heavy (non-hydrogen) atoms. The molecule has 0 heterocycles. The molecule has 0 radical (unpaired) electrons. The second-order valence-corrected chi connectivity index (χ2v) is 4.91. The van der Waals surface area contributed by atoms with Crippen LogP contribution >= 0.6 is 25.0 Å². The zero-order valence-electron chi connectivity index (χ0n) is 12.1. The van der Waals surface area contributed by atoms with Crippen LogP contribution in [0.2, 0.25) is 0 Å². The second kappa shape index (κ2) is 12.2. The molecule has 1 aromatic rings. The van der Waals surface area contributed by atoms with Crippen molar-refractivity contribution in [2.45, 2.75) is 38.6 Å². The van der Waals surface area contributed by atoms with Gasteiger partial charge in [0.15, 0.2) is 0 Å². The number of halogens is 1. The number of hydrogen-bond donors (Lipinski definition) is 2. The summed E-state index contributed by atoms with van der Waals surface area (Å²) in [5.74, 6) is 2.55. The van der Waals surface area contributed by atoms with Crippen molar-refractivity contribution >= 4 is 25.0 Å². The van der Waals surface area contributed by atoms with Gasteiger partial charge in [0.1, 0.15) is 11.5 Å². The summed E-state index contributed by atoms with van der Waals surface area (Å²) >= 11 is 4.17. The van der Waals surface area contributed by atoms with Gasteiger partial charge < -0.3 is 15.2 Å². The minimum absolute atomic E-state index is 0. The molecule has 0 bridgehead atoms. The van der Waals surface area contributed by atoms with Crippen LogP contribution < -0.4 is 15.2 Å². The number of thiol groups is 1. The molecule has 1 aromatic carbocycles. The van der Waals surface area contributed by atoms with E-state index in [1.54, 1.807) is 0 Å². The van der Waals surface area contributed by atoms with Crippen LogP contribution in [0, 0.1) is 0 Å². The predicted molar refractivity (Wildman–Crippen MR) is 90.7 cm³/mol. The Morgan fingerprint density at radius 3 is 2.20 bits per heavy atom. The van der Waals surface area contributed by atoms with Gasteiger partial charge in [0.2, 0.25) is 0 Å². The third kappa shape index (κ3) is 8.56. The second-order valence-electron chi connectivity index (χ2n) is 4.54. The summed E-state index contributed by atoms with van der Waals surface area (Å²) in [6, 6.07) is 7.99. The minimum Gasteiger partial charge on any atom is -0.494 e.